The number of hydrogen-bond acceptors (Lipinski definition) is 6. The maximum absolute atomic E-state index is 14.0. The van der Waals surface area contributed by atoms with Crippen molar-refractivity contribution < 1.29 is 19.5 Å². The van der Waals surface area contributed by atoms with Gasteiger partial charge in [0.25, 0.3) is 5.91 Å². The number of nitrogens with zero attached hydrogens (tertiary/aromatic N) is 3. The molecule has 3 aliphatic heterocycles. The maximum Gasteiger partial charge on any atom is 0.257 e. The van der Waals surface area contributed by atoms with Crippen LogP contribution in [-0.2, 0) is 14.4 Å². The molecule has 192 valence electrons. The molecule has 1 amide bonds. The molecule has 0 radical (unpaired) electrons. The van der Waals surface area contributed by atoms with Gasteiger partial charge in [0.2, 0.25) is 0 Å². The molecule has 0 aromatic heterocycles. The SMILES string of the molecule is CON1C(C)(C)CC2(CC1(C)C)OC(C)(C)N(CC(O)CN1C(C)(C)CCCC1(C)C)C2=O. The van der Waals surface area contributed by atoms with Crippen LogP contribution in [-0.4, -0.2) is 85.7 Å². The molecule has 3 aliphatic rings. The molecule has 1 atom stereocenters. The summed E-state index contributed by atoms with van der Waals surface area (Å²) in [5.74, 6) is -0.0133. The summed E-state index contributed by atoms with van der Waals surface area (Å²) in [5.41, 5.74) is -2.42. The molecule has 3 rings (SSSR count). The van der Waals surface area contributed by atoms with Gasteiger partial charge in [-0.05, 0) is 88.5 Å². The van der Waals surface area contributed by atoms with Gasteiger partial charge in [0.15, 0.2) is 5.60 Å². The molecule has 1 spiro atoms. The lowest BCUT2D eigenvalue weighted by molar-refractivity contribution is -0.295. The number of aliphatic hydroxyl groups is 1. The Kier molecular flexibility index (Phi) is 6.64. The van der Waals surface area contributed by atoms with E-state index in [0.717, 1.165) is 12.8 Å². The Morgan fingerprint density at radius 2 is 1.36 bits per heavy atom. The molecule has 0 saturated carbocycles. The molecule has 0 aromatic carbocycles. The lowest BCUT2D eigenvalue weighted by atomic mass is 9.72. The minimum Gasteiger partial charge on any atom is -0.390 e. The first-order valence-electron chi connectivity index (χ1n) is 12.6. The van der Waals surface area contributed by atoms with Crippen molar-refractivity contribution in [1.82, 2.24) is 14.9 Å². The average molecular weight is 468 g/mol. The van der Waals surface area contributed by atoms with Crippen molar-refractivity contribution in [1.29, 1.82) is 0 Å². The lowest BCUT2D eigenvalue weighted by Gasteiger charge is -2.55. The molecule has 7 nitrogen and oxygen atoms in total. The zero-order chi connectivity index (χ0) is 25.3. The molecular weight excluding hydrogens is 418 g/mol. The summed E-state index contributed by atoms with van der Waals surface area (Å²) in [6.45, 7) is 22.1. The predicted molar refractivity (Wildman–Crippen MR) is 131 cm³/mol. The zero-order valence-corrected chi connectivity index (χ0v) is 23.0. The first-order chi connectivity index (χ1) is 14.8. The average Bonchev–Trinajstić information content (AvgIpc) is 2.75. The molecule has 33 heavy (non-hydrogen) atoms. The number of ether oxygens (including phenoxy) is 1. The monoisotopic (exact) mass is 467 g/mol. The molecule has 3 saturated heterocycles. The highest BCUT2D eigenvalue weighted by Crippen LogP contribution is 2.51. The van der Waals surface area contributed by atoms with E-state index in [1.165, 1.54) is 6.42 Å². The van der Waals surface area contributed by atoms with Crippen LogP contribution in [0, 0.1) is 0 Å². The van der Waals surface area contributed by atoms with Crippen LogP contribution in [0.2, 0.25) is 0 Å². The van der Waals surface area contributed by atoms with Crippen molar-refractivity contribution in [2.45, 2.75) is 141 Å². The quantitative estimate of drug-likeness (QED) is 0.661. The number of hydrogen-bond donors (Lipinski definition) is 1. The molecule has 7 heteroatoms. The van der Waals surface area contributed by atoms with Gasteiger partial charge in [-0.15, -0.1) is 0 Å². The Morgan fingerprint density at radius 1 is 0.879 bits per heavy atom. The van der Waals surface area contributed by atoms with Crippen molar-refractivity contribution in [3.63, 3.8) is 0 Å². The number of hydroxylamine groups is 2. The van der Waals surface area contributed by atoms with E-state index >= 15 is 0 Å². The minimum absolute atomic E-state index is 0.0133. The summed E-state index contributed by atoms with van der Waals surface area (Å²) < 4.78 is 6.61. The summed E-state index contributed by atoms with van der Waals surface area (Å²) in [6, 6.07) is 0. The first-order valence-corrected chi connectivity index (χ1v) is 12.6. The third kappa shape index (κ3) is 4.73. The fourth-order valence-corrected chi connectivity index (χ4v) is 7.53. The number of carbonyl (C=O) groups is 1. The number of likely N-dealkylation sites (tertiary alicyclic amines) is 1. The molecule has 3 fully saturated rings. The van der Waals surface area contributed by atoms with Gasteiger partial charge in [0, 0.05) is 41.5 Å². The highest BCUT2D eigenvalue weighted by Gasteiger charge is 2.64. The summed E-state index contributed by atoms with van der Waals surface area (Å²) >= 11 is 0. The number of rotatable bonds is 5. The third-order valence-electron chi connectivity index (χ3n) is 8.27. The third-order valence-corrected chi connectivity index (χ3v) is 8.27. The second-order valence-electron chi connectivity index (χ2n) is 13.7. The largest absolute Gasteiger partial charge is 0.390 e. The van der Waals surface area contributed by atoms with Crippen molar-refractivity contribution >= 4 is 5.91 Å². The summed E-state index contributed by atoms with van der Waals surface area (Å²) in [6.07, 6.45) is 3.86. The van der Waals surface area contributed by atoms with Crippen LogP contribution in [0.15, 0.2) is 0 Å². The number of β-amino-alcohol motifs (C(OH)–C–C–N with tert-alkyl or cyclic N) is 1. The molecule has 1 unspecified atom stereocenters. The highest BCUT2D eigenvalue weighted by molar-refractivity contribution is 5.88. The van der Waals surface area contributed by atoms with Gasteiger partial charge in [-0.2, -0.15) is 5.06 Å². The Balaban J connectivity index is 1.82. The van der Waals surface area contributed by atoms with E-state index in [0.29, 0.717) is 19.4 Å². The fourth-order valence-electron chi connectivity index (χ4n) is 7.53. The summed E-state index contributed by atoms with van der Waals surface area (Å²) in [5, 5.41) is 13.2. The van der Waals surface area contributed by atoms with Crippen LogP contribution >= 0.6 is 0 Å². The van der Waals surface area contributed by atoms with E-state index in [9.17, 15) is 9.90 Å². The van der Waals surface area contributed by atoms with Crippen LogP contribution in [0.5, 0.6) is 0 Å². The molecule has 3 heterocycles. The van der Waals surface area contributed by atoms with E-state index in [4.69, 9.17) is 9.57 Å². The fraction of sp³-hybridized carbons (Fsp3) is 0.962. The Morgan fingerprint density at radius 3 is 1.82 bits per heavy atom. The van der Waals surface area contributed by atoms with Gasteiger partial charge < -0.3 is 19.6 Å². The molecule has 0 bridgehead atoms. The Labute approximate surface area is 201 Å². The van der Waals surface area contributed by atoms with Crippen molar-refractivity contribution in [2.24, 2.45) is 0 Å². The topological polar surface area (TPSA) is 65.5 Å². The standard InChI is InChI=1S/C26H49N3O4/c1-21(2)13-12-14-22(3,4)28(21)16-19(30)15-27-20(31)26(33-25(27,9)10)17-23(5,6)29(32-11)24(7,8)18-26/h19,30H,12-18H2,1-11H3. The predicted octanol–water partition coefficient (Wildman–Crippen LogP) is 3.94. The molecule has 0 aromatic rings. The molecule has 0 aliphatic carbocycles. The van der Waals surface area contributed by atoms with Gasteiger partial charge in [-0.3, -0.25) is 9.69 Å². The number of amides is 1. The zero-order valence-electron chi connectivity index (χ0n) is 23.0. The van der Waals surface area contributed by atoms with Gasteiger partial charge >= 0.3 is 0 Å². The van der Waals surface area contributed by atoms with Gasteiger partial charge in [-0.1, -0.05) is 0 Å². The second-order valence-corrected chi connectivity index (χ2v) is 13.7. The molecule has 1 N–H and O–H groups in total. The van der Waals surface area contributed by atoms with E-state index < -0.39 is 17.4 Å². The van der Waals surface area contributed by atoms with Crippen LogP contribution in [0.3, 0.4) is 0 Å². The smallest absolute Gasteiger partial charge is 0.257 e. The first kappa shape index (κ1) is 26.9. The van der Waals surface area contributed by atoms with E-state index in [-0.39, 0.29) is 34.6 Å². The van der Waals surface area contributed by atoms with Crippen LogP contribution in [0.25, 0.3) is 0 Å². The lowest BCUT2D eigenvalue weighted by Crippen LogP contribution is -2.67. The normalized spacial score (nSPS) is 31.2. The summed E-state index contributed by atoms with van der Waals surface area (Å²) in [4.78, 5) is 23.9. The van der Waals surface area contributed by atoms with E-state index in [1.54, 1.807) is 12.0 Å². The minimum atomic E-state index is -0.922. The van der Waals surface area contributed by atoms with Crippen molar-refractivity contribution in [3.05, 3.63) is 0 Å². The summed E-state index contributed by atoms with van der Waals surface area (Å²) in [7, 11) is 1.69. The number of aliphatic hydroxyl groups excluding tert-OH is 1. The van der Waals surface area contributed by atoms with Gasteiger partial charge in [0.1, 0.15) is 5.72 Å². The number of piperidine rings is 2. The molecular formula is C26H49N3O4. The van der Waals surface area contributed by atoms with Crippen molar-refractivity contribution in [2.75, 3.05) is 20.2 Å². The van der Waals surface area contributed by atoms with Crippen LogP contribution in [0.4, 0.5) is 0 Å². The Hall–Kier alpha value is -0.730. The van der Waals surface area contributed by atoms with Gasteiger partial charge in [0.05, 0.1) is 19.8 Å². The maximum atomic E-state index is 14.0. The van der Waals surface area contributed by atoms with Crippen molar-refractivity contribution in [3.8, 4) is 0 Å². The van der Waals surface area contributed by atoms with Gasteiger partial charge in [-0.25, -0.2) is 0 Å². The second kappa shape index (κ2) is 8.16. The Bertz CT molecular complexity index is 725. The van der Waals surface area contributed by atoms with E-state index in [2.05, 4.69) is 60.3 Å². The number of carbonyl (C=O) groups excluding carboxylic acids is 1. The highest BCUT2D eigenvalue weighted by atomic mass is 16.7. The van der Waals surface area contributed by atoms with Crippen LogP contribution < -0.4 is 0 Å². The van der Waals surface area contributed by atoms with Crippen LogP contribution in [0.1, 0.15) is 101 Å². The van der Waals surface area contributed by atoms with E-state index in [1.807, 2.05) is 18.9 Å².